The van der Waals surface area contributed by atoms with E-state index in [1.165, 1.54) is 11.3 Å². The second-order valence-corrected chi connectivity index (χ2v) is 9.95. The van der Waals surface area contributed by atoms with Gasteiger partial charge in [-0.2, -0.15) is 0 Å². The molecule has 31 heavy (non-hydrogen) atoms. The lowest BCUT2D eigenvalue weighted by Gasteiger charge is -2.46. The molecule has 1 unspecified atom stereocenters. The first-order valence-corrected chi connectivity index (χ1v) is 11.6. The van der Waals surface area contributed by atoms with Gasteiger partial charge in [0, 0.05) is 27.0 Å². The monoisotopic (exact) mass is 446 g/mol. The number of amides is 1. The van der Waals surface area contributed by atoms with Crippen molar-refractivity contribution in [1.29, 1.82) is 0 Å². The summed E-state index contributed by atoms with van der Waals surface area (Å²) in [7, 11) is 0. The molecule has 0 saturated carbocycles. The Bertz CT molecular complexity index is 1260. The maximum absolute atomic E-state index is 13.9. The van der Waals surface area contributed by atoms with Crippen LogP contribution < -0.4 is 10.2 Å². The highest BCUT2D eigenvalue weighted by Gasteiger charge is 2.42. The molecule has 3 aromatic carbocycles. The van der Waals surface area contributed by atoms with Gasteiger partial charge >= 0.3 is 0 Å². The number of carbonyl (C=O) groups excluding carboxylic acids is 1. The van der Waals surface area contributed by atoms with Crippen molar-refractivity contribution in [2.24, 2.45) is 0 Å². The minimum absolute atomic E-state index is 0.0400. The third kappa shape index (κ3) is 3.50. The lowest BCUT2D eigenvalue weighted by Crippen LogP contribution is -2.52. The van der Waals surface area contributed by atoms with E-state index in [9.17, 15) is 4.79 Å². The van der Waals surface area contributed by atoms with Gasteiger partial charge in [0.25, 0.3) is 5.91 Å². The van der Waals surface area contributed by atoms with Crippen LogP contribution in [0.25, 0.3) is 10.1 Å². The van der Waals surface area contributed by atoms with E-state index in [0.29, 0.717) is 9.90 Å². The number of hydrogen-bond donors (Lipinski definition) is 1. The zero-order valence-corrected chi connectivity index (χ0v) is 19.0. The molecule has 0 fully saturated rings. The summed E-state index contributed by atoms with van der Waals surface area (Å²) < 4.78 is 1.03. The summed E-state index contributed by atoms with van der Waals surface area (Å²) in [5.41, 5.74) is 2.74. The average molecular weight is 447 g/mol. The van der Waals surface area contributed by atoms with Gasteiger partial charge in [-0.05, 0) is 50.1 Å². The van der Waals surface area contributed by atoms with Crippen molar-refractivity contribution in [3.63, 3.8) is 0 Å². The third-order valence-corrected chi connectivity index (χ3v) is 7.57. The van der Waals surface area contributed by atoms with Crippen LogP contribution in [0.1, 0.15) is 41.5 Å². The molecule has 1 aliphatic rings. The summed E-state index contributed by atoms with van der Waals surface area (Å²) in [6.07, 6.45) is 0.785. The van der Waals surface area contributed by atoms with Gasteiger partial charge in [0.05, 0.1) is 11.1 Å². The van der Waals surface area contributed by atoms with Gasteiger partial charge in [-0.15, -0.1) is 11.3 Å². The molecule has 0 aliphatic carbocycles. The zero-order valence-electron chi connectivity index (χ0n) is 17.4. The molecule has 5 heteroatoms. The van der Waals surface area contributed by atoms with E-state index in [2.05, 4.69) is 37.4 Å². The van der Waals surface area contributed by atoms with Crippen LogP contribution in [0, 0.1) is 0 Å². The molecule has 2 heterocycles. The summed E-state index contributed by atoms with van der Waals surface area (Å²) in [6, 6.07) is 26.4. The normalized spacial score (nSPS) is 17.4. The highest BCUT2D eigenvalue weighted by atomic mass is 35.5. The van der Waals surface area contributed by atoms with Gasteiger partial charge in [-0.3, -0.25) is 4.79 Å². The predicted molar refractivity (Wildman–Crippen MR) is 132 cm³/mol. The van der Waals surface area contributed by atoms with E-state index in [-0.39, 0.29) is 11.9 Å². The maximum Gasteiger partial charge on any atom is 0.270 e. The second kappa shape index (κ2) is 7.70. The van der Waals surface area contributed by atoms with Gasteiger partial charge in [0.15, 0.2) is 0 Å². The van der Waals surface area contributed by atoms with Crippen molar-refractivity contribution in [3.05, 3.63) is 94.3 Å². The third-order valence-electron chi connectivity index (χ3n) is 5.91. The molecule has 1 aliphatic heterocycles. The number of benzene rings is 3. The molecule has 0 saturated heterocycles. The van der Waals surface area contributed by atoms with E-state index in [1.807, 2.05) is 65.6 Å². The van der Waals surface area contributed by atoms with Crippen LogP contribution in [-0.4, -0.2) is 11.4 Å². The zero-order chi connectivity index (χ0) is 21.6. The Morgan fingerprint density at radius 3 is 2.45 bits per heavy atom. The summed E-state index contributed by atoms with van der Waals surface area (Å²) >= 11 is 8.14. The molecular weight excluding hydrogens is 424 g/mol. The fourth-order valence-corrected chi connectivity index (χ4v) is 5.96. The Hall–Kier alpha value is -2.82. The number of nitrogens with zero attached hydrogens (tertiary/aromatic N) is 1. The number of rotatable bonds is 3. The minimum atomic E-state index is -0.391. The summed E-state index contributed by atoms with van der Waals surface area (Å²) in [4.78, 5) is 16.4. The van der Waals surface area contributed by atoms with E-state index >= 15 is 0 Å². The van der Waals surface area contributed by atoms with Crippen molar-refractivity contribution < 1.29 is 4.79 Å². The van der Waals surface area contributed by atoms with Gasteiger partial charge in [-0.1, -0.05) is 66.2 Å². The first-order chi connectivity index (χ1) is 15.0. The van der Waals surface area contributed by atoms with Crippen LogP contribution in [0.3, 0.4) is 0 Å². The number of halogens is 1. The first-order valence-electron chi connectivity index (χ1n) is 10.4. The van der Waals surface area contributed by atoms with E-state index in [0.717, 1.165) is 33.4 Å². The lowest BCUT2D eigenvalue weighted by molar-refractivity contribution is 0.0958. The number of anilines is 2. The standard InChI is InChI=1S/C26H23ClN2OS/c1-26(2)16-20(28-17-10-4-3-5-11-17)18-12-6-8-14-21(18)29(26)25(30)24-23(27)19-13-7-9-15-22(19)31-24/h3-15,20,28H,16H2,1-2H3. The second-order valence-electron chi connectivity index (χ2n) is 8.52. The largest absolute Gasteiger partial charge is 0.378 e. The number of para-hydroxylation sites is 2. The van der Waals surface area contributed by atoms with Crippen LogP contribution in [0.5, 0.6) is 0 Å². The Morgan fingerprint density at radius 1 is 1.00 bits per heavy atom. The molecule has 4 aromatic rings. The summed E-state index contributed by atoms with van der Waals surface area (Å²) in [5.74, 6) is -0.0400. The van der Waals surface area contributed by atoms with Crippen LogP contribution in [0.4, 0.5) is 11.4 Å². The average Bonchev–Trinajstić information content (AvgIpc) is 3.10. The summed E-state index contributed by atoms with van der Waals surface area (Å²) in [6.45, 7) is 4.25. The molecule has 0 radical (unpaired) electrons. The van der Waals surface area contributed by atoms with Crippen molar-refractivity contribution in [3.8, 4) is 0 Å². The quantitative estimate of drug-likeness (QED) is 0.352. The molecule has 0 spiro atoms. The predicted octanol–water partition coefficient (Wildman–Crippen LogP) is 7.54. The van der Waals surface area contributed by atoms with Gasteiger partial charge in [0.1, 0.15) is 4.88 Å². The molecular formula is C26H23ClN2OS. The number of carbonyl (C=O) groups is 1. The number of hydrogen-bond acceptors (Lipinski definition) is 3. The molecule has 1 N–H and O–H groups in total. The van der Waals surface area contributed by atoms with Crippen LogP contribution in [0.2, 0.25) is 5.02 Å². The number of fused-ring (bicyclic) bond motifs is 2. The molecule has 156 valence electrons. The molecule has 1 aromatic heterocycles. The van der Waals surface area contributed by atoms with Crippen molar-refractivity contribution >= 4 is 50.3 Å². The van der Waals surface area contributed by atoms with Gasteiger partial charge < -0.3 is 10.2 Å². The molecule has 0 bridgehead atoms. The van der Waals surface area contributed by atoms with E-state index in [4.69, 9.17) is 11.6 Å². The van der Waals surface area contributed by atoms with Crippen molar-refractivity contribution in [2.75, 3.05) is 10.2 Å². The van der Waals surface area contributed by atoms with E-state index < -0.39 is 5.54 Å². The number of nitrogens with one attached hydrogen (secondary N) is 1. The van der Waals surface area contributed by atoms with Gasteiger partial charge in [-0.25, -0.2) is 0 Å². The lowest BCUT2D eigenvalue weighted by atomic mass is 9.83. The highest BCUT2D eigenvalue weighted by molar-refractivity contribution is 7.21. The highest BCUT2D eigenvalue weighted by Crippen LogP contribution is 2.46. The van der Waals surface area contributed by atoms with Crippen LogP contribution in [-0.2, 0) is 0 Å². The Balaban J connectivity index is 1.58. The van der Waals surface area contributed by atoms with Gasteiger partial charge in [0.2, 0.25) is 0 Å². The SMILES string of the molecule is CC1(C)CC(Nc2ccccc2)c2ccccc2N1C(=O)c1sc2ccccc2c1Cl. The molecule has 3 nitrogen and oxygen atoms in total. The fourth-order valence-electron chi connectivity index (χ4n) is 4.51. The van der Waals surface area contributed by atoms with Crippen molar-refractivity contribution in [1.82, 2.24) is 0 Å². The Labute approximate surface area is 191 Å². The molecule has 1 amide bonds. The topological polar surface area (TPSA) is 32.3 Å². The van der Waals surface area contributed by atoms with Crippen molar-refractivity contribution in [2.45, 2.75) is 31.8 Å². The smallest absolute Gasteiger partial charge is 0.270 e. The fraction of sp³-hybridized carbons (Fsp3) is 0.192. The number of thiophene rings is 1. The van der Waals surface area contributed by atoms with E-state index in [1.54, 1.807) is 0 Å². The first kappa shape index (κ1) is 20.1. The Kier molecular flexibility index (Phi) is 4.99. The minimum Gasteiger partial charge on any atom is -0.378 e. The summed E-state index contributed by atoms with van der Waals surface area (Å²) in [5, 5.41) is 5.14. The maximum atomic E-state index is 13.9. The molecule has 1 atom stereocenters. The van der Waals surface area contributed by atoms with Crippen LogP contribution in [0.15, 0.2) is 78.9 Å². The Morgan fingerprint density at radius 2 is 1.68 bits per heavy atom. The van der Waals surface area contributed by atoms with Crippen LogP contribution >= 0.6 is 22.9 Å². The molecule has 5 rings (SSSR count).